The molecule has 1 atom stereocenters. The van der Waals surface area contributed by atoms with Crippen molar-refractivity contribution in [3.8, 4) is 5.75 Å². The summed E-state index contributed by atoms with van der Waals surface area (Å²) in [6.45, 7) is 1.85. The Hall–Kier alpha value is -2.30. The molecule has 5 heteroatoms. The summed E-state index contributed by atoms with van der Waals surface area (Å²) in [7, 11) is 1.51. The van der Waals surface area contributed by atoms with E-state index in [9.17, 15) is 14.7 Å². The van der Waals surface area contributed by atoms with E-state index < -0.39 is 12.1 Å². The van der Waals surface area contributed by atoms with Crippen LogP contribution in [0.2, 0.25) is 0 Å². The lowest BCUT2D eigenvalue weighted by Gasteiger charge is -2.21. The van der Waals surface area contributed by atoms with Gasteiger partial charge in [-0.3, -0.25) is 4.79 Å². The topological polar surface area (TPSA) is 72.8 Å². The fourth-order valence-electron chi connectivity index (χ4n) is 2.95. The van der Waals surface area contributed by atoms with E-state index in [2.05, 4.69) is 0 Å². The maximum absolute atomic E-state index is 12.1. The summed E-state index contributed by atoms with van der Waals surface area (Å²) < 4.78 is 10.7. The molecule has 0 saturated heterocycles. The van der Waals surface area contributed by atoms with Crippen molar-refractivity contribution in [2.45, 2.75) is 32.3 Å². The van der Waals surface area contributed by atoms with Crippen molar-refractivity contribution in [3.63, 3.8) is 0 Å². The zero-order chi connectivity index (χ0) is 15.1. The molecule has 0 bridgehead atoms. The molecular formula is C16H16O5. The molecule has 1 unspecified atom stereocenters. The van der Waals surface area contributed by atoms with E-state index in [0.717, 1.165) is 5.56 Å². The van der Waals surface area contributed by atoms with Crippen LogP contribution in [0, 0.1) is 6.92 Å². The average Bonchev–Trinajstić information content (AvgIpc) is 2.75. The van der Waals surface area contributed by atoms with Gasteiger partial charge >= 0.3 is 5.97 Å². The van der Waals surface area contributed by atoms with E-state index in [-0.39, 0.29) is 17.1 Å². The SMILES string of the molecule is COc1cc(C)cc2c1C(C1=C(O)CCCC1=O)OC2=O. The lowest BCUT2D eigenvalue weighted by Crippen LogP contribution is -2.18. The Balaban J connectivity index is 2.18. The molecule has 1 aliphatic carbocycles. The second-order valence-electron chi connectivity index (χ2n) is 5.35. The Morgan fingerprint density at radius 1 is 1.29 bits per heavy atom. The van der Waals surface area contributed by atoms with Gasteiger partial charge in [0.15, 0.2) is 11.9 Å². The Labute approximate surface area is 122 Å². The Morgan fingerprint density at radius 2 is 2.05 bits per heavy atom. The first-order chi connectivity index (χ1) is 10.0. The predicted molar refractivity (Wildman–Crippen MR) is 74.4 cm³/mol. The maximum atomic E-state index is 12.1. The molecule has 3 rings (SSSR count). The summed E-state index contributed by atoms with van der Waals surface area (Å²) in [6, 6.07) is 3.50. The second kappa shape index (κ2) is 4.91. The molecule has 1 heterocycles. The number of fused-ring (bicyclic) bond motifs is 1. The first kappa shape index (κ1) is 13.7. The first-order valence-corrected chi connectivity index (χ1v) is 6.87. The summed E-state index contributed by atoms with van der Waals surface area (Å²) in [5.41, 5.74) is 1.99. The largest absolute Gasteiger partial charge is 0.512 e. The lowest BCUT2D eigenvalue weighted by molar-refractivity contribution is -0.117. The fourth-order valence-corrected chi connectivity index (χ4v) is 2.95. The van der Waals surface area contributed by atoms with E-state index in [1.54, 1.807) is 12.1 Å². The van der Waals surface area contributed by atoms with Crippen LogP contribution in [0.1, 0.15) is 46.9 Å². The minimum Gasteiger partial charge on any atom is -0.512 e. The van der Waals surface area contributed by atoms with Crippen LogP contribution in [0.25, 0.3) is 0 Å². The molecule has 1 aromatic carbocycles. The highest BCUT2D eigenvalue weighted by atomic mass is 16.6. The molecule has 5 nitrogen and oxygen atoms in total. The van der Waals surface area contributed by atoms with Crippen LogP contribution in [0.4, 0.5) is 0 Å². The molecule has 21 heavy (non-hydrogen) atoms. The van der Waals surface area contributed by atoms with Gasteiger partial charge in [-0.25, -0.2) is 4.79 Å². The number of aliphatic hydroxyl groups excluding tert-OH is 1. The number of carbonyl (C=O) groups excluding carboxylic acids is 2. The molecule has 0 spiro atoms. The third kappa shape index (κ3) is 2.09. The summed E-state index contributed by atoms with van der Waals surface area (Å²) >= 11 is 0. The molecule has 0 fully saturated rings. The number of aliphatic hydroxyl groups is 1. The van der Waals surface area contributed by atoms with Gasteiger partial charge in [-0.05, 0) is 31.0 Å². The molecule has 0 amide bonds. The van der Waals surface area contributed by atoms with Gasteiger partial charge < -0.3 is 14.6 Å². The number of hydrogen-bond donors (Lipinski definition) is 1. The highest BCUT2D eigenvalue weighted by molar-refractivity contribution is 6.02. The Bertz CT molecular complexity index is 671. The van der Waals surface area contributed by atoms with Crippen LogP contribution in [-0.2, 0) is 9.53 Å². The second-order valence-corrected chi connectivity index (χ2v) is 5.35. The summed E-state index contributed by atoms with van der Waals surface area (Å²) in [4.78, 5) is 24.2. The number of esters is 1. The van der Waals surface area contributed by atoms with E-state index in [1.165, 1.54) is 7.11 Å². The van der Waals surface area contributed by atoms with Gasteiger partial charge in [0, 0.05) is 12.8 Å². The number of benzene rings is 1. The van der Waals surface area contributed by atoms with Crippen LogP contribution in [0.15, 0.2) is 23.5 Å². The van der Waals surface area contributed by atoms with Crippen molar-refractivity contribution in [1.82, 2.24) is 0 Å². The lowest BCUT2D eigenvalue weighted by atomic mass is 9.88. The van der Waals surface area contributed by atoms with Crippen molar-refractivity contribution < 1.29 is 24.2 Å². The van der Waals surface area contributed by atoms with Crippen LogP contribution in [-0.4, -0.2) is 24.0 Å². The van der Waals surface area contributed by atoms with Crippen molar-refractivity contribution in [2.24, 2.45) is 0 Å². The molecule has 2 aliphatic rings. The fraction of sp³-hybridized carbons (Fsp3) is 0.375. The minimum atomic E-state index is -0.865. The van der Waals surface area contributed by atoms with Crippen molar-refractivity contribution in [3.05, 3.63) is 40.2 Å². The molecule has 0 radical (unpaired) electrons. The molecule has 1 aromatic rings. The van der Waals surface area contributed by atoms with Gasteiger partial charge in [-0.1, -0.05) is 0 Å². The molecule has 1 aliphatic heterocycles. The van der Waals surface area contributed by atoms with E-state index >= 15 is 0 Å². The number of allylic oxidation sites excluding steroid dienone is 1. The van der Waals surface area contributed by atoms with Crippen LogP contribution >= 0.6 is 0 Å². The third-order valence-corrected chi connectivity index (χ3v) is 3.90. The maximum Gasteiger partial charge on any atom is 0.339 e. The Kier molecular flexibility index (Phi) is 3.20. The van der Waals surface area contributed by atoms with E-state index in [0.29, 0.717) is 36.1 Å². The number of aryl methyl sites for hydroxylation is 1. The van der Waals surface area contributed by atoms with Crippen molar-refractivity contribution >= 4 is 11.8 Å². The summed E-state index contributed by atoms with van der Waals surface area (Å²) in [6.07, 6.45) is 0.540. The van der Waals surface area contributed by atoms with Gasteiger partial charge in [0.25, 0.3) is 0 Å². The summed E-state index contributed by atoms with van der Waals surface area (Å²) in [5, 5.41) is 10.1. The number of methoxy groups -OCH3 is 1. The van der Waals surface area contributed by atoms with Gasteiger partial charge in [-0.2, -0.15) is 0 Å². The molecule has 110 valence electrons. The summed E-state index contributed by atoms with van der Waals surface area (Å²) in [5.74, 6) is -0.151. The quantitative estimate of drug-likeness (QED) is 0.847. The highest BCUT2D eigenvalue weighted by Gasteiger charge is 2.41. The number of ketones is 1. The minimum absolute atomic E-state index is 0.0135. The number of hydrogen-bond acceptors (Lipinski definition) is 5. The number of carbonyl (C=O) groups is 2. The first-order valence-electron chi connectivity index (χ1n) is 6.87. The van der Waals surface area contributed by atoms with Gasteiger partial charge in [0.1, 0.15) is 11.5 Å². The zero-order valence-corrected chi connectivity index (χ0v) is 11.9. The number of cyclic esters (lactones) is 1. The molecule has 0 saturated carbocycles. The highest BCUT2D eigenvalue weighted by Crippen LogP contribution is 2.44. The standard InChI is InChI=1S/C16H16O5/c1-8-6-9-13(12(7-8)20-2)15(21-16(9)19)14-10(17)4-3-5-11(14)18/h6-7,15,17H,3-5H2,1-2H3. The average molecular weight is 288 g/mol. The normalized spacial score (nSPS) is 21.3. The number of ether oxygens (including phenoxy) is 2. The smallest absolute Gasteiger partial charge is 0.339 e. The van der Waals surface area contributed by atoms with E-state index in [1.807, 2.05) is 6.92 Å². The van der Waals surface area contributed by atoms with Gasteiger partial charge in [-0.15, -0.1) is 0 Å². The van der Waals surface area contributed by atoms with Crippen molar-refractivity contribution in [2.75, 3.05) is 7.11 Å². The van der Waals surface area contributed by atoms with Gasteiger partial charge in [0.2, 0.25) is 0 Å². The van der Waals surface area contributed by atoms with Gasteiger partial charge in [0.05, 0.1) is 23.8 Å². The molecule has 1 N–H and O–H groups in total. The number of rotatable bonds is 2. The monoisotopic (exact) mass is 288 g/mol. The number of Topliss-reactive ketones (excluding diaryl/α,β-unsaturated/α-hetero) is 1. The Morgan fingerprint density at radius 3 is 2.71 bits per heavy atom. The van der Waals surface area contributed by atoms with Crippen LogP contribution in [0.5, 0.6) is 5.75 Å². The van der Waals surface area contributed by atoms with Crippen LogP contribution < -0.4 is 4.74 Å². The van der Waals surface area contributed by atoms with Crippen molar-refractivity contribution in [1.29, 1.82) is 0 Å². The molecular weight excluding hydrogens is 272 g/mol. The molecule has 0 aromatic heterocycles. The van der Waals surface area contributed by atoms with E-state index in [4.69, 9.17) is 9.47 Å². The predicted octanol–water partition coefficient (Wildman–Crippen LogP) is 2.78. The third-order valence-electron chi connectivity index (χ3n) is 3.90. The van der Waals surface area contributed by atoms with Crippen LogP contribution in [0.3, 0.4) is 0 Å². The zero-order valence-electron chi connectivity index (χ0n) is 11.9.